The van der Waals surface area contributed by atoms with Gasteiger partial charge >= 0.3 is 0 Å². The fraction of sp³-hybridized carbons (Fsp3) is 0.800. The van der Waals surface area contributed by atoms with Gasteiger partial charge in [-0.15, -0.1) is 11.3 Å². The van der Waals surface area contributed by atoms with E-state index in [1.54, 1.807) is 0 Å². The molecule has 0 aliphatic heterocycles. The predicted octanol–water partition coefficient (Wildman–Crippen LogP) is 3.52. The number of nitrogens with zero attached hydrogens (tertiary/aromatic N) is 1. The zero-order chi connectivity index (χ0) is 12.8. The largest absolute Gasteiger partial charge is 0.313 e. The normalized spacial score (nSPS) is 22.2. The number of nitrogens with one attached hydrogen (secondary N) is 1. The third-order valence-electron chi connectivity index (χ3n) is 4.15. The number of hydrogen-bond donors (Lipinski definition) is 1. The molecule has 18 heavy (non-hydrogen) atoms. The molecule has 2 aliphatic rings. The van der Waals surface area contributed by atoms with Gasteiger partial charge in [0.25, 0.3) is 0 Å². The quantitative estimate of drug-likeness (QED) is 0.880. The molecule has 0 aromatic carbocycles. The first-order valence-corrected chi connectivity index (χ1v) is 8.03. The van der Waals surface area contributed by atoms with Gasteiger partial charge in [0.1, 0.15) is 0 Å². The molecule has 0 spiro atoms. The van der Waals surface area contributed by atoms with Gasteiger partial charge in [-0.05, 0) is 31.1 Å². The highest BCUT2D eigenvalue weighted by Gasteiger charge is 2.44. The third kappa shape index (κ3) is 2.94. The molecule has 100 valence electrons. The molecule has 2 nitrogen and oxygen atoms in total. The first-order valence-electron chi connectivity index (χ1n) is 7.15. The van der Waals surface area contributed by atoms with Gasteiger partial charge in [0.2, 0.25) is 0 Å². The monoisotopic (exact) mass is 264 g/mol. The Morgan fingerprint density at radius 2 is 2.11 bits per heavy atom. The van der Waals surface area contributed by atoms with Crippen LogP contribution in [0.3, 0.4) is 0 Å². The molecule has 0 unspecified atom stereocenters. The van der Waals surface area contributed by atoms with Crippen LogP contribution in [0.1, 0.15) is 57.2 Å². The van der Waals surface area contributed by atoms with Crippen molar-refractivity contribution >= 4 is 11.3 Å². The number of hydrogen-bond acceptors (Lipinski definition) is 3. The lowest BCUT2D eigenvalue weighted by Gasteiger charge is -2.16. The molecule has 0 bridgehead atoms. The second-order valence-electron chi connectivity index (χ2n) is 7.21. The molecule has 3 heteroatoms. The molecule has 2 aliphatic carbocycles. The van der Waals surface area contributed by atoms with E-state index in [4.69, 9.17) is 4.98 Å². The van der Waals surface area contributed by atoms with Gasteiger partial charge in [-0.2, -0.15) is 0 Å². The van der Waals surface area contributed by atoms with Crippen LogP contribution in [-0.4, -0.2) is 17.6 Å². The fourth-order valence-electron chi connectivity index (χ4n) is 2.30. The summed E-state index contributed by atoms with van der Waals surface area (Å²) >= 11 is 1.85. The fourth-order valence-corrected chi connectivity index (χ4v) is 3.49. The second kappa shape index (κ2) is 4.31. The van der Waals surface area contributed by atoms with Crippen LogP contribution >= 0.6 is 11.3 Å². The van der Waals surface area contributed by atoms with E-state index in [1.807, 2.05) is 11.3 Å². The Kier molecular flexibility index (Phi) is 3.02. The molecular formula is C15H24N2S. The molecule has 1 N–H and O–H groups in total. The summed E-state index contributed by atoms with van der Waals surface area (Å²) in [6, 6.07) is 0.837. The van der Waals surface area contributed by atoms with Crippen LogP contribution in [0.15, 0.2) is 5.38 Å². The highest BCUT2D eigenvalue weighted by atomic mass is 32.1. The summed E-state index contributed by atoms with van der Waals surface area (Å²) in [5, 5.41) is 7.29. The zero-order valence-corrected chi connectivity index (χ0v) is 12.6. The molecule has 0 atom stereocenters. The summed E-state index contributed by atoms with van der Waals surface area (Å²) in [5.41, 5.74) is 2.00. The Morgan fingerprint density at radius 1 is 1.39 bits per heavy atom. The first kappa shape index (κ1) is 12.6. The molecule has 1 aromatic heterocycles. The molecule has 0 radical (unpaired) electrons. The molecule has 3 rings (SSSR count). The van der Waals surface area contributed by atoms with Crippen molar-refractivity contribution in [3.8, 4) is 0 Å². The lowest BCUT2D eigenvalue weighted by Crippen LogP contribution is -2.27. The van der Waals surface area contributed by atoms with E-state index < -0.39 is 0 Å². The summed E-state index contributed by atoms with van der Waals surface area (Å²) in [4.78, 5) is 4.84. The lowest BCUT2D eigenvalue weighted by atomic mass is 9.93. The van der Waals surface area contributed by atoms with Crippen molar-refractivity contribution in [1.29, 1.82) is 0 Å². The molecule has 0 saturated heterocycles. The van der Waals surface area contributed by atoms with Gasteiger partial charge < -0.3 is 5.32 Å². The van der Waals surface area contributed by atoms with Gasteiger partial charge in [0, 0.05) is 29.8 Å². The van der Waals surface area contributed by atoms with E-state index in [0.29, 0.717) is 5.41 Å². The Labute approximate surface area is 114 Å². The second-order valence-corrected chi connectivity index (χ2v) is 8.15. The van der Waals surface area contributed by atoms with Crippen LogP contribution in [0.2, 0.25) is 0 Å². The standard InChI is InChI=1S/C15H24N2S/c1-14(2,3)12-9-18-13(17-12)8-15(6-7-15)10-16-11-4-5-11/h9,11,16H,4-8,10H2,1-3H3. The average Bonchev–Trinajstić information content (AvgIpc) is 3.16. The summed E-state index contributed by atoms with van der Waals surface area (Å²) in [5.74, 6) is 0. The van der Waals surface area contributed by atoms with Crippen molar-refractivity contribution in [3.05, 3.63) is 16.1 Å². The highest BCUT2D eigenvalue weighted by Crippen LogP contribution is 2.48. The van der Waals surface area contributed by atoms with E-state index in [9.17, 15) is 0 Å². The Morgan fingerprint density at radius 3 is 2.61 bits per heavy atom. The Bertz CT molecular complexity index is 422. The molecular weight excluding hydrogens is 240 g/mol. The molecule has 1 aromatic rings. The summed E-state index contributed by atoms with van der Waals surface area (Å²) in [7, 11) is 0. The molecule has 1 heterocycles. The van der Waals surface area contributed by atoms with Crippen molar-refractivity contribution in [2.24, 2.45) is 5.41 Å². The van der Waals surface area contributed by atoms with Crippen LogP contribution in [-0.2, 0) is 11.8 Å². The zero-order valence-electron chi connectivity index (χ0n) is 11.8. The van der Waals surface area contributed by atoms with E-state index >= 15 is 0 Å². The average molecular weight is 264 g/mol. The maximum atomic E-state index is 4.84. The Hall–Kier alpha value is -0.410. The smallest absolute Gasteiger partial charge is 0.0934 e. The topological polar surface area (TPSA) is 24.9 Å². The minimum absolute atomic E-state index is 0.192. The van der Waals surface area contributed by atoms with Gasteiger partial charge in [0.15, 0.2) is 0 Å². The molecule has 2 fully saturated rings. The highest BCUT2D eigenvalue weighted by molar-refractivity contribution is 7.09. The van der Waals surface area contributed by atoms with E-state index in [1.165, 1.54) is 49.4 Å². The van der Waals surface area contributed by atoms with Gasteiger partial charge in [0.05, 0.1) is 10.7 Å². The van der Waals surface area contributed by atoms with Crippen molar-refractivity contribution in [1.82, 2.24) is 10.3 Å². The van der Waals surface area contributed by atoms with E-state index in [0.717, 1.165) is 6.04 Å². The van der Waals surface area contributed by atoms with Crippen molar-refractivity contribution < 1.29 is 0 Å². The predicted molar refractivity (Wildman–Crippen MR) is 77.2 cm³/mol. The summed E-state index contributed by atoms with van der Waals surface area (Å²) in [6.07, 6.45) is 6.74. The van der Waals surface area contributed by atoms with Crippen molar-refractivity contribution in [3.63, 3.8) is 0 Å². The van der Waals surface area contributed by atoms with Crippen LogP contribution < -0.4 is 5.32 Å². The summed E-state index contributed by atoms with van der Waals surface area (Å²) < 4.78 is 0. The van der Waals surface area contributed by atoms with Crippen LogP contribution in [0.25, 0.3) is 0 Å². The number of rotatable bonds is 5. The van der Waals surface area contributed by atoms with Crippen LogP contribution in [0, 0.1) is 5.41 Å². The lowest BCUT2D eigenvalue weighted by molar-refractivity contribution is 0.451. The Balaban J connectivity index is 1.59. The van der Waals surface area contributed by atoms with Gasteiger partial charge in [-0.1, -0.05) is 20.8 Å². The van der Waals surface area contributed by atoms with Crippen molar-refractivity contribution in [2.75, 3.05) is 6.54 Å². The van der Waals surface area contributed by atoms with Gasteiger partial charge in [-0.25, -0.2) is 4.98 Å². The molecule has 2 saturated carbocycles. The van der Waals surface area contributed by atoms with E-state index in [-0.39, 0.29) is 5.41 Å². The van der Waals surface area contributed by atoms with Crippen LogP contribution in [0.4, 0.5) is 0 Å². The van der Waals surface area contributed by atoms with Crippen molar-refractivity contribution in [2.45, 2.75) is 64.3 Å². The number of aromatic nitrogens is 1. The maximum Gasteiger partial charge on any atom is 0.0934 e. The number of thiazole rings is 1. The third-order valence-corrected chi connectivity index (χ3v) is 5.00. The first-order chi connectivity index (χ1) is 8.47. The minimum atomic E-state index is 0.192. The molecule has 0 amide bonds. The minimum Gasteiger partial charge on any atom is -0.313 e. The van der Waals surface area contributed by atoms with Crippen LogP contribution in [0.5, 0.6) is 0 Å². The SMILES string of the molecule is CC(C)(C)c1csc(CC2(CNC3CC3)CC2)n1. The van der Waals surface area contributed by atoms with E-state index in [2.05, 4.69) is 31.5 Å². The maximum absolute atomic E-state index is 4.84. The summed E-state index contributed by atoms with van der Waals surface area (Å²) in [6.45, 7) is 7.94. The van der Waals surface area contributed by atoms with Gasteiger partial charge in [-0.3, -0.25) is 0 Å².